The van der Waals surface area contributed by atoms with Gasteiger partial charge in [0.2, 0.25) is 0 Å². The second-order valence-electron chi connectivity index (χ2n) is 7.63. The molecule has 26 heavy (non-hydrogen) atoms. The van der Waals surface area contributed by atoms with Gasteiger partial charge in [-0.2, -0.15) is 0 Å². The number of ether oxygens (including phenoxy) is 2. The molecule has 2 aromatic rings. The molecule has 0 saturated heterocycles. The van der Waals surface area contributed by atoms with Crippen molar-refractivity contribution < 1.29 is 9.47 Å². The summed E-state index contributed by atoms with van der Waals surface area (Å²) in [4.78, 5) is 0. The molecule has 0 bridgehead atoms. The van der Waals surface area contributed by atoms with E-state index in [2.05, 4.69) is 74.6 Å². The third-order valence-corrected chi connectivity index (χ3v) is 6.39. The van der Waals surface area contributed by atoms with Crippen LogP contribution in [0.15, 0.2) is 30.3 Å². The highest BCUT2D eigenvalue weighted by molar-refractivity contribution is 14.1. The Morgan fingerprint density at radius 1 is 1.08 bits per heavy atom. The van der Waals surface area contributed by atoms with Crippen LogP contribution in [-0.2, 0) is 13.0 Å². The number of alkyl halides is 1. The zero-order valence-electron chi connectivity index (χ0n) is 16.3. The quantitative estimate of drug-likeness (QED) is 0.360. The van der Waals surface area contributed by atoms with E-state index < -0.39 is 0 Å². The van der Waals surface area contributed by atoms with E-state index in [1.807, 2.05) is 6.07 Å². The molecule has 0 aromatic heterocycles. The monoisotopic (exact) mass is 464 g/mol. The summed E-state index contributed by atoms with van der Waals surface area (Å²) in [5.74, 6) is 2.14. The van der Waals surface area contributed by atoms with Crippen LogP contribution in [0, 0.1) is 20.8 Å². The maximum atomic E-state index is 6.57. The standard InChI is InChI=1S/C23H29IO2/c1-16-17(2)22-20(11-13-23(4,26-22)12-8-14-24)18(3)21(16)25-15-19-9-6-5-7-10-19/h5-7,9-10H,8,11-15H2,1-4H3/t23-/m1/s1. The lowest BCUT2D eigenvalue weighted by Gasteiger charge is -2.38. The topological polar surface area (TPSA) is 18.5 Å². The van der Waals surface area contributed by atoms with Crippen LogP contribution in [0.5, 0.6) is 11.5 Å². The average molecular weight is 464 g/mol. The molecule has 1 heterocycles. The highest BCUT2D eigenvalue weighted by Crippen LogP contribution is 2.44. The molecule has 3 rings (SSSR count). The van der Waals surface area contributed by atoms with Crippen molar-refractivity contribution in [2.24, 2.45) is 0 Å². The summed E-state index contributed by atoms with van der Waals surface area (Å²) < 4.78 is 14.0. The molecule has 1 atom stereocenters. The molecule has 3 heteroatoms. The van der Waals surface area contributed by atoms with E-state index in [9.17, 15) is 0 Å². The third kappa shape index (κ3) is 4.03. The van der Waals surface area contributed by atoms with Crippen molar-refractivity contribution in [3.8, 4) is 11.5 Å². The van der Waals surface area contributed by atoms with E-state index in [4.69, 9.17) is 9.47 Å². The van der Waals surface area contributed by atoms with Crippen molar-refractivity contribution in [2.75, 3.05) is 4.43 Å². The van der Waals surface area contributed by atoms with Gasteiger partial charge in [0.15, 0.2) is 0 Å². The van der Waals surface area contributed by atoms with E-state index in [1.54, 1.807) is 0 Å². The van der Waals surface area contributed by atoms with E-state index in [1.165, 1.54) is 38.7 Å². The Balaban J connectivity index is 1.88. The highest BCUT2D eigenvalue weighted by atomic mass is 127. The van der Waals surface area contributed by atoms with Gasteiger partial charge in [-0.15, -0.1) is 0 Å². The van der Waals surface area contributed by atoms with Crippen LogP contribution in [-0.4, -0.2) is 10.0 Å². The van der Waals surface area contributed by atoms with Gasteiger partial charge in [0, 0.05) is 5.56 Å². The summed E-state index contributed by atoms with van der Waals surface area (Å²) in [6, 6.07) is 10.4. The van der Waals surface area contributed by atoms with Crippen LogP contribution >= 0.6 is 22.6 Å². The number of fused-ring (bicyclic) bond motifs is 1. The number of hydrogen-bond acceptors (Lipinski definition) is 2. The van der Waals surface area contributed by atoms with Crippen LogP contribution in [0.25, 0.3) is 0 Å². The molecule has 0 fully saturated rings. The van der Waals surface area contributed by atoms with Gasteiger partial charge in [0.25, 0.3) is 0 Å². The van der Waals surface area contributed by atoms with Gasteiger partial charge in [0.1, 0.15) is 23.7 Å². The predicted molar refractivity (Wildman–Crippen MR) is 117 cm³/mol. The summed E-state index contributed by atoms with van der Waals surface area (Å²) in [6.07, 6.45) is 4.49. The van der Waals surface area contributed by atoms with Gasteiger partial charge in [-0.3, -0.25) is 0 Å². The third-order valence-electron chi connectivity index (χ3n) is 5.63. The molecule has 0 spiro atoms. The number of halogens is 1. The smallest absolute Gasteiger partial charge is 0.127 e. The average Bonchev–Trinajstić information content (AvgIpc) is 2.65. The van der Waals surface area contributed by atoms with Gasteiger partial charge in [-0.1, -0.05) is 52.9 Å². The Morgan fingerprint density at radius 3 is 2.50 bits per heavy atom. The molecule has 2 aromatic carbocycles. The van der Waals surface area contributed by atoms with Crippen LogP contribution in [0.2, 0.25) is 0 Å². The molecular weight excluding hydrogens is 435 g/mol. The Hall–Kier alpha value is -1.23. The summed E-state index contributed by atoms with van der Waals surface area (Å²) >= 11 is 2.45. The molecule has 2 nitrogen and oxygen atoms in total. The lowest BCUT2D eigenvalue weighted by Crippen LogP contribution is -2.37. The number of benzene rings is 2. The zero-order chi connectivity index (χ0) is 18.7. The van der Waals surface area contributed by atoms with E-state index in [0.29, 0.717) is 6.61 Å². The van der Waals surface area contributed by atoms with Crippen molar-refractivity contribution in [3.05, 3.63) is 58.1 Å². The number of rotatable bonds is 6. The van der Waals surface area contributed by atoms with Crippen LogP contribution < -0.4 is 9.47 Å². The molecule has 0 unspecified atom stereocenters. The Morgan fingerprint density at radius 2 is 1.81 bits per heavy atom. The Bertz CT molecular complexity index is 770. The molecule has 140 valence electrons. The van der Waals surface area contributed by atoms with Gasteiger partial charge < -0.3 is 9.47 Å². The molecule has 0 radical (unpaired) electrons. The van der Waals surface area contributed by atoms with Crippen molar-refractivity contribution in [1.82, 2.24) is 0 Å². The molecular formula is C23H29IO2. The minimum Gasteiger partial charge on any atom is -0.488 e. The lowest BCUT2D eigenvalue weighted by atomic mass is 9.85. The van der Waals surface area contributed by atoms with E-state index in [-0.39, 0.29) is 5.60 Å². The second-order valence-corrected chi connectivity index (χ2v) is 8.71. The molecule has 0 aliphatic carbocycles. The Kier molecular flexibility index (Phi) is 6.16. The summed E-state index contributed by atoms with van der Waals surface area (Å²) in [6.45, 7) is 9.39. The first-order valence-electron chi connectivity index (χ1n) is 9.49. The Labute approximate surface area is 171 Å². The maximum Gasteiger partial charge on any atom is 0.127 e. The normalized spacial score (nSPS) is 19.0. The molecule has 1 aliphatic rings. The predicted octanol–water partition coefficient (Wildman–Crippen LogP) is 6.49. The van der Waals surface area contributed by atoms with Crippen molar-refractivity contribution in [2.45, 2.75) is 65.6 Å². The second kappa shape index (κ2) is 8.20. The minimum atomic E-state index is -0.0335. The van der Waals surface area contributed by atoms with Crippen molar-refractivity contribution >= 4 is 22.6 Å². The van der Waals surface area contributed by atoms with Crippen molar-refractivity contribution in [1.29, 1.82) is 0 Å². The highest BCUT2D eigenvalue weighted by Gasteiger charge is 2.34. The lowest BCUT2D eigenvalue weighted by molar-refractivity contribution is 0.0546. The first-order valence-corrected chi connectivity index (χ1v) is 11.0. The fraction of sp³-hybridized carbons (Fsp3) is 0.478. The SMILES string of the molecule is Cc1c(C)c2c(c(C)c1OCc1ccccc1)CC[C@@](C)(CCCI)O2. The molecule has 1 aliphatic heterocycles. The summed E-state index contributed by atoms with van der Waals surface area (Å²) in [5, 5.41) is 0. The van der Waals surface area contributed by atoms with Gasteiger partial charge in [-0.05, 0) is 80.1 Å². The van der Waals surface area contributed by atoms with E-state index in [0.717, 1.165) is 30.8 Å². The first kappa shape index (κ1) is 19.5. The molecule has 0 N–H and O–H groups in total. The van der Waals surface area contributed by atoms with Crippen LogP contribution in [0.4, 0.5) is 0 Å². The summed E-state index contributed by atoms with van der Waals surface area (Å²) in [5.41, 5.74) is 6.18. The first-order chi connectivity index (χ1) is 12.4. The molecule has 0 saturated carbocycles. The molecule has 0 amide bonds. The maximum absolute atomic E-state index is 6.57. The fourth-order valence-electron chi connectivity index (χ4n) is 3.84. The fourth-order valence-corrected chi connectivity index (χ4v) is 4.23. The van der Waals surface area contributed by atoms with Crippen molar-refractivity contribution in [3.63, 3.8) is 0 Å². The van der Waals surface area contributed by atoms with E-state index >= 15 is 0 Å². The zero-order valence-corrected chi connectivity index (χ0v) is 18.5. The van der Waals surface area contributed by atoms with Gasteiger partial charge in [-0.25, -0.2) is 0 Å². The summed E-state index contributed by atoms with van der Waals surface area (Å²) in [7, 11) is 0. The van der Waals surface area contributed by atoms with Crippen LogP contribution in [0.1, 0.15) is 54.0 Å². The minimum absolute atomic E-state index is 0.0335. The van der Waals surface area contributed by atoms with Crippen LogP contribution in [0.3, 0.4) is 0 Å². The number of hydrogen-bond donors (Lipinski definition) is 0. The largest absolute Gasteiger partial charge is 0.488 e. The van der Waals surface area contributed by atoms with Gasteiger partial charge in [0.05, 0.1) is 0 Å². The van der Waals surface area contributed by atoms with Gasteiger partial charge >= 0.3 is 0 Å².